The molecule has 0 atom stereocenters. The van der Waals surface area contributed by atoms with Crippen LogP contribution in [0.15, 0.2) is 61.1 Å². The average Bonchev–Trinajstić information content (AvgIpc) is 3.12. The Labute approximate surface area is 154 Å². The molecule has 4 aromatic rings. The number of aromatic nitrogens is 4. The maximum atomic E-state index is 12.6. The molecule has 3 aromatic heterocycles. The zero-order valence-electron chi connectivity index (χ0n) is 13.6. The number of nitrogens with one attached hydrogen (secondary N) is 2. The van der Waals surface area contributed by atoms with Gasteiger partial charge in [0, 0.05) is 35.7 Å². The number of carbonyl (C=O) groups excluding carboxylic acids is 1. The molecule has 1 amide bonds. The molecule has 6 nitrogen and oxygen atoms in total. The summed E-state index contributed by atoms with van der Waals surface area (Å²) >= 11 is 5.88. The number of aromatic amines is 1. The van der Waals surface area contributed by atoms with Crippen LogP contribution in [0.4, 0.5) is 0 Å². The Hall–Kier alpha value is -3.25. The first-order valence-electron chi connectivity index (χ1n) is 7.98. The number of rotatable bonds is 4. The van der Waals surface area contributed by atoms with Crippen molar-refractivity contribution in [3.05, 3.63) is 77.2 Å². The third kappa shape index (κ3) is 3.14. The Balaban J connectivity index is 1.61. The maximum absolute atomic E-state index is 12.6. The summed E-state index contributed by atoms with van der Waals surface area (Å²) in [5.41, 5.74) is 4.29. The Morgan fingerprint density at radius 1 is 1.04 bits per heavy atom. The minimum Gasteiger partial charge on any atom is -0.348 e. The van der Waals surface area contributed by atoms with E-state index in [2.05, 4.69) is 25.5 Å². The van der Waals surface area contributed by atoms with E-state index in [9.17, 15) is 4.79 Å². The number of pyridine rings is 2. The van der Waals surface area contributed by atoms with Crippen LogP contribution in [0.3, 0.4) is 0 Å². The van der Waals surface area contributed by atoms with Gasteiger partial charge in [-0.25, -0.2) is 0 Å². The highest BCUT2D eigenvalue weighted by atomic mass is 35.5. The molecule has 0 radical (unpaired) electrons. The molecule has 0 bridgehead atoms. The van der Waals surface area contributed by atoms with E-state index in [1.165, 1.54) is 0 Å². The summed E-state index contributed by atoms with van der Waals surface area (Å²) in [7, 11) is 0. The quantitative estimate of drug-likeness (QED) is 0.580. The second-order valence-corrected chi connectivity index (χ2v) is 6.14. The molecule has 0 spiro atoms. The topological polar surface area (TPSA) is 83.6 Å². The summed E-state index contributed by atoms with van der Waals surface area (Å²) in [6.45, 7) is 0.408. The number of benzene rings is 1. The fourth-order valence-corrected chi connectivity index (χ4v) is 2.83. The van der Waals surface area contributed by atoms with Gasteiger partial charge in [0.05, 0.1) is 11.1 Å². The molecule has 7 heteroatoms. The SMILES string of the molecule is O=C(NCc1ccc(Cl)cc1)c1ccnc2c(-c3ccncc3)n[nH]c12. The summed E-state index contributed by atoms with van der Waals surface area (Å²) in [4.78, 5) is 21.0. The highest BCUT2D eigenvalue weighted by Crippen LogP contribution is 2.25. The van der Waals surface area contributed by atoms with Crippen LogP contribution in [0.2, 0.25) is 5.02 Å². The van der Waals surface area contributed by atoms with Crippen LogP contribution in [-0.2, 0) is 6.54 Å². The van der Waals surface area contributed by atoms with Gasteiger partial charge in [-0.15, -0.1) is 0 Å². The van der Waals surface area contributed by atoms with Gasteiger partial charge in [0.15, 0.2) is 0 Å². The second-order valence-electron chi connectivity index (χ2n) is 5.70. The summed E-state index contributed by atoms with van der Waals surface area (Å²) in [5, 5.41) is 10.8. The van der Waals surface area contributed by atoms with E-state index >= 15 is 0 Å². The number of fused-ring (bicyclic) bond motifs is 1. The first-order chi connectivity index (χ1) is 12.7. The lowest BCUT2D eigenvalue weighted by Gasteiger charge is -2.06. The van der Waals surface area contributed by atoms with Crippen molar-refractivity contribution in [2.45, 2.75) is 6.54 Å². The van der Waals surface area contributed by atoms with Crippen LogP contribution in [0.5, 0.6) is 0 Å². The molecule has 0 fully saturated rings. The molecule has 128 valence electrons. The molecular weight excluding hydrogens is 350 g/mol. The first kappa shape index (κ1) is 16.2. The molecular formula is C19H14ClN5O. The molecule has 0 saturated heterocycles. The summed E-state index contributed by atoms with van der Waals surface area (Å²) in [5.74, 6) is -0.197. The standard InChI is InChI=1S/C19H14ClN5O/c20-14-3-1-12(2-4-14)11-23-19(26)15-7-10-22-18-16(24-25-17(15)18)13-5-8-21-9-6-13/h1-10H,11H2,(H,23,26)(H,24,25). The molecule has 3 heterocycles. The fraction of sp³-hybridized carbons (Fsp3) is 0.0526. The zero-order valence-corrected chi connectivity index (χ0v) is 14.4. The Bertz CT molecular complexity index is 1060. The summed E-state index contributed by atoms with van der Waals surface area (Å²) < 4.78 is 0. The monoisotopic (exact) mass is 363 g/mol. The molecule has 0 unspecified atom stereocenters. The number of hydrogen-bond acceptors (Lipinski definition) is 4. The predicted molar refractivity (Wildman–Crippen MR) is 99.7 cm³/mol. The highest BCUT2D eigenvalue weighted by molar-refractivity contribution is 6.30. The van der Waals surface area contributed by atoms with E-state index in [4.69, 9.17) is 11.6 Å². The summed E-state index contributed by atoms with van der Waals surface area (Å²) in [6, 6.07) is 12.7. The predicted octanol–water partition coefficient (Wildman–Crippen LogP) is 3.60. The third-order valence-electron chi connectivity index (χ3n) is 4.02. The molecule has 0 saturated carbocycles. The van der Waals surface area contributed by atoms with Crippen molar-refractivity contribution < 1.29 is 4.79 Å². The van der Waals surface area contributed by atoms with Crippen molar-refractivity contribution in [1.82, 2.24) is 25.5 Å². The fourth-order valence-electron chi connectivity index (χ4n) is 2.70. The maximum Gasteiger partial charge on any atom is 0.253 e. The first-order valence-corrected chi connectivity index (χ1v) is 8.36. The lowest BCUT2D eigenvalue weighted by atomic mass is 10.1. The number of hydrogen-bond donors (Lipinski definition) is 2. The van der Waals surface area contributed by atoms with Gasteiger partial charge < -0.3 is 5.32 Å². The van der Waals surface area contributed by atoms with Crippen molar-refractivity contribution in [2.24, 2.45) is 0 Å². The molecule has 0 aliphatic heterocycles. The van der Waals surface area contributed by atoms with Crippen LogP contribution >= 0.6 is 11.6 Å². The minimum atomic E-state index is -0.197. The van der Waals surface area contributed by atoms with Crippen LogP contribution in [0.25, 0.3) is 22.3 Å². The third-order valence-corrected chi connectivity index (χ3v) is 4.27. The van der Waals surface area contributed by atoms with Crippen LogP contribution in [0.1, 0.15) is 15.9 Å². The van der Waals surface area contributed by atoms with Crippen LogP contribution < -0.4 is 5.32 Å². The van der Waals surface area contributed by atoms with Gasteiger partial charge in [-0.2, -0.15) is 5.10 Å². The lowest BCUT2D eigenvalue weighted by molar-refractivity contribution is 0.0952. The molecule has 26 heavy (non-hydrogen) atoms. The molecule has 0 aliphatic rings. The van der Waals surface area contributed by atoms with Crippen molar-refractivity contribution in [1.29, 1.82) is 0 Å². The number of H-pyrrole nitrogens is 1. The zero-order chi connectivity index (χ0) is 17.9. The molecule has 0 aliphatic carbocycles. The van der Waals surface area contributed by atoms with Gasteiger partial charge in [0.25, 0.3) is 5.91 Å². The number of carbonyl (C=O) groups is 1. The Morgan fingerprint density at radius 2 is 1.81 bits per heavy atom. The van der Waals surface area contributed by atoms with E-state index in [0.29, 0.717) is 33.9 Å². The van der Waals surface area contributed by atoms with Crippen LogP contribution in [-0.4, -0.2) is 26.1 Å². The smallest absolute Gasteiger partial charge is 0.253 e. The molecule has 1 aromatic carbocycles. The van der Waals surface area contributed by atoms with Crippen molar-refractivity contribution in [2.75, 3.05) is 0 Å². The minimum absolute atomic E-state index is 0.197. The van der Waals surface area contributed by atoms with Crippen LogP contribution in [0, 0.1) is 0 Å². The highest BCUT2D eigenvalue weighted by Gasteiger charge is 2.16. The van der Waals surface area contributed by atoms with Gasteiger partial charge >= 0.3 is 0 Å². The van der Waals surface area contributed by atoms with E-state index in [-0.39, 0.29) is 5.91 Å². The summed E-state index contributed by atoms with van der Waals surface area (Å²) in [6.07, 6.45) is 5.00. The van der Waals surface area contributed by atoms with Gasteiger partial charge in [-0.1, -0.05) is 23.7 Å². The molecule has 4 rings (SSSR count). The normalized spacial score (nSPS) is 10.8. The number of nitrogens with zero attached hydrogens (tertiary/aromatic N) is 3. The van der Waals surface area contributed by atoms with Gasteiger partial charge in [0.2, 0.25) is 0 Å². The Morgan fingerprint density at radius 3 is 2.58 bits per heavy atom. The van der Waals surface area contributed by atoms with Gasteiger partial charge in [0.1, 0.15) is 11.2 Å². The van der Waals surface area contributed by atoms with Gasteiger partial charge in [-0.3, -0.25) is 19.9 Å². The van der Waals surface area contributed by atoms with Crippen molar-refractivity contribution in [3.63, 3.8) is 0 Å². The average molecular weight is 364 g/mol. The number of amides is 1. The van der Waals surface area contributed by atoms with Gasteiger partial charge in [-0.05, 0) is 35.9 Å². The molecule has 2 N–H and O–H groups in total. The van der Waals surface area contributed by atoms with E-state index in [1.54, 1.807) is 36.8 Å². The van der Waals surface area contributed by atoms with Crippen molar-refractivity contribution >= 4 is 28.5 Å². The largest absolute Gasteiger partial charge is 0.348 e. The Kier molecular flexibility index (Phi) is 4.33. The second kappa shape index (κ2) is 6.93. The van der Waals surface area contributed by atoms with E-state index in [1.807, 2.05) is 24.3 Å². The lowest BCUT2D eigenvalue weighted by Crippen LogP contribution is -2.23. The van der Waals surface area contributed by atoms with E-state index in [0.717, 1.165) is 11.1 Å². The van der Waals surface area contributed by atoms with Crippen molar-refractivity contribution in [3.8, 4) is 11.3 Å². The number of halogens is 1. The van der Waals surface area contributed by atoms with E-state index < -0.39 is 0 Å².